The molecule has 110 valence electrons. The first kappa shape index (κ1) is 14.5. The molecule has 1 atom stereocenters. The maximum Gasteiger partial charge on any atom is 0.307 e. The van der Waals surface area contributed by atoms with Crippen LogP contribution in [0.15, 0.2) is 6.20 Å². The Hall–Kier alpha value is -1.89. The Kier molecular flexibility index (Phi) is 4.39. The lowest BCUT2D eigenvalue weighted by atomic mass is 10.1. The number of hydrogen-bond donors (Lipinski definition) is 1. The molecule has 0 spiro atoms. The lowest BCUT2D eigenvalue weighted by Gasteiger charge is -2.33. The Labute approximate surface area is 117 Å². The number of carbonyl (C=O) groups is 2. The first-order valence-electron chi connectivity index (χ1n) is 6.58. The molecule has 1 unspecified atom stereocenters. The Bertz CT molecular complexity index is 492. The molecule has 0 aromatic carbocycles. The van der Waals surface area contributed by atoms with Gasteiger partial charge >= 0.3 is 5.97 Å². The molecule has 2 heterocycles. The summed E-state index contributed by atoms with van der Waals surface area (Å²) in [5.41, 5.74) is 0.898. The van der Waals surface area contributed by atoms with Crippen molar-refractivity contribution in [3.63, 3.8) is 0 Å². The number of imidazole rings is 1. The third kappa shape index (κ3) is 3.16. The van der Waals surface area contributed by atoms with Gasteiger partial charge in [0, 0.05) is 32.9 Å². The minimum Gasteiger partial charge on any atom is -0.469 e. The number of amides is 1. The Morgan fingerprint density at radius 3 is 2.95 bits per heavy atom. The van der Waals surface area contributed by atoms with Gasteiger partial charge in [0.2, 0.25) is 5.91 Å². The van der Waals surface area contributed by atoms with E-state index in [0.29, 0.717) is 19.6 Å². The topological polar surface area (TPSA) is 76.5 Å². The van der Waals surface area contributed by atoms with Gasteiger partial charge in [-0.2, -0.15) is 0 Å². The Morgan fingerprint density at radius 1 is 1.60 bits per heavy atom. The standard InChI is InChI=1S/C13H20N4O3/c1-9-15-10(7-16(9)2)8-17-5-4-14-13(19)11(17)6-12(18)20-3/h7,11H,4-6,8H2,1-3H3,(H,14,19). The van der Waals surface area contributed by atoms with Gasteiger partial charge in [0.1, 0.15) is 11.9 Å². The summed E-state index contributed by atoms with van der Waals surface area (Å²) < 4.78 is 6.60. The third-order valence-electron chi connectivity index (χ3n) is 3.55. The predicted molar refractivity (Wildman–Crippen MR) is 71.8 cm³/mol. The maximum atomic E-state index is 11.9. The van der Waals surface area contributed by atoms with Crippen LogP contribution in [-0.4, -0.2) is 52.6 Å². The zero-order valence-electron chi connectivity index (χ0n) is 12.0. The van der Waals surface area contributed by atoms with Gasteiger partial charge in [0.15, 0.2) is 0 Å². The van der Waals surface area contributed by atoms with Crippen molar-refractivity contribution in [1.29, 1.82) is 0 Å². The summed E-state index contributed by atoms with van der Waals surface area (Å²) in [5.74, 6) is 0.412. The van der Waals surface area contributed by atoms with Crippen LogP contribution < -0.4 is 5.32 Å². The molecule has 20 heavy (non-hydrogen) atoms. The summed E-state index contributed by atoms with van der Waals surface area (Å²) >= 11 is 0. The van der Waals surface area contributed by atoms with Crippen molar-refractivity contribution < 1.29 is 14.3 Å². The molecule has 0 aliphatic carbocycles. The molecule has 1 saturated heterocycles. The highest BCUT2D eigenvalue weighted by atomic mass is 16.5. The van der Waals surface area contributed by atoms with Gasteiger partial charge in [-0.25, -0.2) is 4.98 Å². The molecule has 0 radical (unpaired) electrons. The van der Waals surface area contributed by atoms with Crippen LogP contribution in [0.3, 0.4) is 0 Å². The van der Waals surface area contributed by atoms with E-state index >= 15 is 0 Å². The molecule has 1 N–H and O–H groups in total. The number of carbonyl (C=O) groups excluding carboxylic acids is 2. The van der Waals surface area contributed by atoms with Crippen LogP contribution in [0.2, 0.25) is 0 Å². The SMILES string of the molecule is COC(=O)CC1C(=O)NCCN1Cc1cn(C)c(C)n1. The average Bonchev–Trinajstić information content (AvgIpc) is 2.72. The van der Waals surface area contributed by atoms with Crippen molar-refractivity contribution in [2.75, 3.05) is 20.2 Å². The van der Waals surface area contributed by atoms with E-state index < -0.39 is 6.04 Å². The highest BCUT2D eigenvalue weighted by Crippen LogP contribution is 2.14. The molecule has 0 saturated carbocycles. The van der Waals surface area contributed by atoms with Gasteiger partial charge in [-0.3, -0.25) is 14.5 Å². The molecule has 7 heteroatoms. The van der Waals surface area contributed by atoms with Crippen molar-refractivity contribution >= 4 is 11.9 Å². The fourth-order valence-electron chi connectivity index (χ4n) is 2.33. The molecule has 1 aliphatic heterocycles. The van der Waals surface area contributed by atoms with Crippen LogP contribution in [0.25, 0.3) is 0 Å². The van der Waals surface area contributed by atoms with E-state index in [-0.39, 0.29) is 18.3 Å². The van der Waals surface area contributed by atoms with Crippen LogP contribution in [0.1, 0.15) is 17.9 Å². The Morgan fingerprint density at radius 2 is 2.35 bits per heavy atom. The summed E-state index contributed by atoms with van der Waals surface area (Å²) in [6.45, 7) is 3.76. The highest BCUT2D eigenvalue weighted by Gasteiger charge is 2.32. The molecule has 1 aromatic rings. The number of ether oxygens (including phenoxy) is 1. The van der Waals surface area contributed by atoms with E-state index in [9.17, 15) is 9.59 Å². The largest absolute Gasteiger partial charge is 0.469 e. The number of hydrogen-bond acceptors (Lipinski definition) is 5. The van der Waals surface area contributed by atoms with Crippen molar-refractivity contribution in [3.05, 3.63) is 17.7 Å². The van der Waals surface area contributed by atoms with Gasteiger partial charge in [-0.05, 0) is 6.92 Å². The molecular weight excluding hydrogens is 260 g/mol. The first-order chi connectivity index (χ1) is 9.51. The number of nitrogens with one attached hydrogen (secondary N) is 1. The molecule has 0 bridgehead atoms. The number of nitrogens with zero attached hydrogens (tertiary/aromatic N) is 3. The maximum absolute atomic E-state index is 11.9. The average molecular weight is 280 g/mol. The minimum absolute atomic E-state index is 0.0636. The second-order valence-corrected chi connectivity index (χ2v) is 4.95. The van der Waals surface area contributed by atoms with E-state index in [1.165, 1.54) is 7.11 Å². The fourth-order valence-corrected chi connectivity index (χ4v) is 2.33. The lowest BCUT2D eigenvalue weighted by molar-refractivity contribution is -0.146. The van der Waals surface area contributed by atoms with Crippen LogP contribution >= 0.6 is 0 Å². The van der Waals surface area contributed by atoms with Crippen molar-refractivity contribution in [1.82, 2.24) is 19.8 Å². The summed E-state index contributed by atoms with van der Waals surface area (Å²) in [6.07, 6.45) is 2.01. The first-order valence-corrected chi connectivity index (χ1v) is 6.58. The van der Waals surface area contributed by atoms with Crippen LogP contribution in [0.5, 0.6) is 0 Å². The highest BCUT2D eigenvalue weighted by molar-refractivity contribution is 5.87. The number of methoxy groups -OCH3 is 1. The Balaban J connectivity index is 2.09. The molecular formula is C13H20N4O3. The van der Waals surface area contributed by atoms with Gasteiger partial charge < -0.3 is 14.6 Å². The second kappa shape index (κ2) is 6.04. The number of aryl methyl sites for hydroxylation is 2. The van der Waals surface area contributed by atoms with E-state index in [1.54, 1.807) is 0 Å². The van der Waals surface area contributed by atoms with E-state index in [1.807, 2.05) is 29.6 Å². The van der Waals surface area contributed by atoms with Gasteiger partial charge in [0.25, 0.3) is 0 Å². The normalized spacial score (nSPS) is 19.8. The monoisotopic (exact) mass is 280 g/mol. The number of esters is 1. The summed E-state index contributed by atoms with van der Waals surface area (Å²) in [6, 6.07) is -0.487. The van der Waals surface area contributed by atoms with Crippen molar-refractivity contribution in [3.8, 4) is 0 Å². The van der Waals surface area contributed by atoms with Crippen LogP contribution in [0, 0.1) is 6.92 Å². The molecule has 1 aliphatic rings. The van der Waals surface area contributed by atoms with Gasteiger partial charge in [0.05, 0.1) is 19.2 Å². The smallest absolute Gasteiger partial charge is 0.307 e. The van der Waals surface area contributed by atoms with Crippen LogP contribution in [-0.2, 0) is 27.9 Å². The summed E-state index contributed by atoms with van der Waals surface area (Å²) in [7, 11) is 3.26. The molecule has 7 nitrogen and oxygen atoms in total. The lowest BCUT2D eigenvalue weighted by Crippen LogP contribution is -2.55. The predicted octanol–water partition coefficient (Wildman–Crippen LogP) is -0.408. The zero-order valence-corrected chi connectivity index (χ0v) is 12.0. The second-order valence-electron chi connectivity index (χ2n) is 4.95. The number of rotatable bonds is 4. The number of aromatic nitrogens is 2. The minimum atomic E-state index is -0.487. The summed E-state index contributed by atoms with van der Waals surface area (Å²) in [4.78, 5) is 29.8. The van der Waals surface area contributed by atoms with Crippen LogP contribution in [0.4, 0.5) is 0 Å². The van der Waals surface area contributed by atoms with Crippen molar-refractivity contribution in [2.45, 2.75) is 25.9 Å². The summed E-state index contributed by atoms with van der Waals surface area (Å²) in [5, 5.41) is 2.78. The number of piperazine rings is 1. The van der Waals surface area contributed by atoms with Gasteiger partial charge in [-0.15, -0.1) is 0 Å². The van der Waals surface area contributed by atoms with E-state index in [4.69, 9.17) is 0 Å². The quantitative estimate of drug-likeness (QED) is 0.759. The van der Waals surface area contributed by atoms with Crippen molar-refractivity contribution in [2.24, 2.45) is 7.05 Å². The molecule has 1 aromatic heterocycles. The third-order valence-corrected chi connectivity index (χ3v) is 3.55. The van der Waals surface area contributed by atoms with E-state index in [2.05, 4.69) is 15.0 Å². The molecule has 1 amide bonds. The fraction of sp³-hybridized carbons (Fsp3) is 0.615. The molecule has 2 rings (SSSR count). The van der Waals surface area contributed by atoms with E-state index in [0.717, 1.165) is 11.5 Å². The molecule has 1 fully saturated rings. The zero-order chi connectivity index (χ0) is 14.7. The van der Waals surface area contributed by atoms with Gasteiger partial charge in [-0.1, -0.05) is 0 Å².